The molecule has 26 heavy (non-hydrogen) atoms. The van der Waals surface area contributed by atoms with Gasteiger partial charge in [-0.15, -0.1) is 0 Å². The molecule has 0 saturated carbocycles. The Labute approximate surface area is 154 Å². The average molecular weight is 374 g/mol. The van der Waals surface area contributed by atoms with Gasteiger partial charge in [0.2, 0.25) is 0 Å². The molecule has 0 bridgehead atoms. The number of nitrogens with one attached hydrogen (secondary N) is 1. The fourth-order valence-electron chi connectivity index (χ4n) is 2.47. The van der Waals surface area contributed by atoms with Crippen LogP contribution in [0.15, 0.2) is 47.1 Å². The summed E-state index contributed by atoms with van der Waals surface area (Å²) in [4.78, 5) is 23.9. The fourth-order valence-corrected chi connectivity index (χ4v) is 2.75. The highest BCUT2D eigenvalue weighted by Crippen LogP contribution is 2.25. The smallest absolute Gasteiger partial charge is 0.310 e. The van der Waals surface area contributed by atoms with E-state index in [1.165, 1.54) is 18.4 Å². The summed E-state index contributed by atoms with van der Waals surface area (Å²) >= 11 is 6.05. The Morgan fingerprint density at radius 1 is 1.23 bits per heavy atom. The topological polar surface area (TPSA) is 88.8 Å². The van der Waals surface area contributed by atoms with Gasteiger partial charge in [0.15, 0.2) is 6.61 Å². The highest BCUT2D eigenvalue weighted by molar-refractivity contribution is 6.33. The molecule has 2 aromatic carbocycles. The van der Waals surface area contributed by atoms with E-state index >= 15 is 0 Å². The molecule has 134 valence electrons. The van der Waals surface area contributed by atoms with Crippen molar-refractivity contribution in [2.75, 3.05) is 11.9 Å². The van der Waals surface area contributed by atoms with Crippen LogP contribution in [-0.4, -0.2) is 23.6 Å². The number of furan rings is 1. The second kappa shape index (κ2) is 7.49. The van der Waals surface area contributed by atoms with E-state index in [-0.39, 0.29) is 12.2 Å². The van der Waals surface area contributed by atoms with Gasteiger partial charge in [-0.05, 0) is 36.8 Å². The highest BCUT2D eigenvalue weighted by atomic mass is 35.5. The number of hydrogen-bond acceptors (Lipinski definition) is 5. The molecule has 3 rings (SSSR count). The third kappa shape index (κ3) is 4.15. The van der Waals surface area contributed by atoms with Crippen molar-refractivity contribution in [2.24, 2.45) is 0 Å². The summed E-state index contributed by atoms with van der Waals surface area (Å²) in [6.45, 7) is 1.47. The van der Waals surface area contributed by atoms with Gasteiger partial charge < -0.3 is 19.6 Å². The van der Waals surface area contributed by atoms with Crippen LogP contribution in [0.3, 0.4) is 0 Å². The Balaban J connectivity index is 1.55. The third-order valence-electron chi connectivity index (χ3n) is 3.74. The number of benzene rings is 2. The number of fused-ring (bicyclic) bond motifs is 1. The molecule has 0 aliphatic carbocycles. The molecule has 0 fully saturated rings. The summed E-state index contributed by atoms with van der Waals surface area (Å²) in [7, 11) is 0. The quantitative estimate of drug-likeness (QED) is 0.663. The van der Waals surface area contributed by atoms with E-state index in [1.54, 1.807) is 18.2 Å². The summed E-state index contributed by atoms with van der Waals surface area (Å²) in [6.07, 6.45) is 1.38. The number of rotatable bonds is 5. The van der Waals surface area contributed by atoms with E-state index in [2.05, 4.69) is 5.32 Å². The van der Waals surface area contributed by atoms with Gasteiger partial charge in [0.25, 0.3) is 5.91 Å². The summed E-state index contributed by atoms with van der Waals surface area (Å²) in [5, 5.41) is 13.1. The molecular formula is C19H16ClNO5. The lowest BCUT2D eigenvalue weighted by molar-refractivity contribution is -0.146. The minimum absolute atomic E-state index is 0.0453. The van der Waals surface area contributed by atoms with Crippen LogP contribution in [-0.2, 0) is 20.7 Å². The van der Waals surface area contributed by atoms with Crippen molar-refractivity contribution in [3.8, 4) is 5.75 Å². The molecule has 3 aromatic rings. The number of anilines is 1. The van der Waals surface area contributed by atoms with Gasteiger partial charge in [0, 0.05) is 17.0 Å². The summed E-state index contributed by atoms with van der Waals surface area (Å²) in [5.74, 6) is -0.968. The predicted molar refractivity (Wildman–Crippen MR) is 97.4 cm³/mol. The highest BCUT2D eigenvalue weighted by Gasteiger charge is 2.14. The molecule has 6 nitrogen and oxygen atoms in total. The molecule has 1 aromatic heterocycles. The molecule has 0 radical (unpaired) electrons. The van der Waals surface area contributed by atoms with Gasteiger partial charge in [-0.2, -0.15) is 0 Å². The summed E-state index contributed by atoms with van der Waals surface area (Å²) in [5.41, 5.74) is 2.52. The van der Waals surface area contributed by atoms with E-state index in [0.717, 1.165) is 5.56 Å². The number of aryl methyl sites for hydroxylation is 1. The van der Waals surface area contributed by atoms with Crippen LogP contribution in [0.1, 0.15) is 11.1 Å². The lowest BCUT2D eigenvalue weighted by Gasteiger charge is -2.08. The maximum atomic E-state index is 12.0. The van der Waals surface area contributed by atoms with E-state index < -0.39 is 18.5 Å². The van der Waals surface area contributed by atoms with Crippen molar-refractivity contribution in [1.29, 1.82) is 0 Å². The Bertz CT molecular complexity index is 979. The standard InChI is InChI=1S/C19H16ClNO5/c1-11-2-5-16(15(20)6-11)21-18(23)10-26-19(24)7-12-9-25-17-8-13(22)3-4-14(12)17/h2-6,8-9,22H,7,10H2,1H3,(H,21,23). The first-order valence-corrected chi connectivity index (χ1v) is 8.21. The monoisotopic (exact) mass is 373 g/mol. The van der Waals surface area contributed by atoms with Gasteiger partial charge >= 0.3 is 5.97 Å². The number of halogens is 1. The second-order valence-corrected chi connectivity index (χ2v) is 6.22. The number of amides is 1. The molecule has 0 aliphatic rings. The van der Waals surface area contributed by atoms with Crippen molar-refractivity contribution in [2.45, 2.75) is 13.3 Å². The van der Waals surface area contributed by atoms with Crippen molar-refractivity contribution in [1.82, 2.24) is 0 Å². The zero-order valence-electron chi connectivity index (χ0n) is 13.9. The molecule has 0 atom stereocenters. The van der Waals surface area contributed by atoms with E-state index in [1.807, 2.05) is 13.0 Å². The SMILES string of the molecule is Cc1ccc(NC(=O)COC(=O)Cc2coc3cc(O)ccc23)c(Cl)c1. The van der Waals surface area contributed by atoms with Crippen molar-refractivity contribution in [3.63, 3.8) is 0 Å². The molecule has 0 saturated heterocycles. The van der Waals surface area contributed by atoms with Gasteiger partial charge in [0.05, 0.1) is 23.4 Å². The van der Waals surface area contributed by atoms with Crippen LogP contribution in [0, 0.1) is 6.92 Å². The summed E-state index contributed by atoms with van der Waals surface area (Å²) in [6, 6.07) is 9.85. The molecule has 7 heteroatoms. The van der Waals surface area contributed by atoms with E-state index in [0.29, 0.717) is 27.2 Å². The van der Waals surface area contributed by atoms with E-state index in [9.17, 15) is 14.7 Å². The average Bonchev–Trinajstić information content (AvgIpc) is 2.97. The largest absolute Gasteiger partial charge is 0.508 e. The first-order chi connectivity index (χ1) is 12.4. The van der Waals surface area contributed by atoms with Crippen molar-refractivity contribution in [3.05, 3.63) is 58.8 Å². The lowest BCUT2D eigenvalue weighted by atomic mass is 10.1. The predicted octanol–water partition coefficient (Wildman–Crippen LogP) is 3.82. The lowest BCUT2D eigenvalue weighted by Crippen LogP contribution is -2.21. The first-order valence-electron chi connectivity index (χ1n) is 7.83. The number of phenols is 1. The first kappa shape index (κ1) is 17.8. The summed E-state index contributed by atoms with van der Waals surface area (Å²) < 4.78 is 10.3. The van der Waals surface area contributed by atoms with Crippen LogP contribution < -0.4 is 5.32 Å². The number of phenolic OH excluding ortho intramolecular Hbond substituents is 1. The Morgan fingerprint density at radius 2 is 2.04 bits per heavy atom. The van der Waals surface area contributed by atoms with Crippen LogP contribution in [0.4, 0.5) is 5.69 Å². The zero-order valence-corrected chi connectivity index (χ0v) is 14.7. The van der Waals surface area contributed by atoms with Gasteiger partial charge in [-0.25, -0.2) is 0 Å². The normalized spacial score (nSPS) is 10.7. The number of ether oxygens (including phenoxy) is 1. The maximum Gasteiger partial charge on any atom is 0.310 e. The van der Waals surface area contributed by atoms with Crippen molar-refractivity contribution < 1.29 is 23.8 Å². The van der Waals surface area contributed by atoms with Gasteiger partial charge in [-0.3, -0.25) is 9.59 Å². The molecular weight excluding hydrogens is 358 g/mol. The maximum absolute atomic E-state index is 12.0. The molecule has 1 heterocycles. The van der Waals surface area contributed by atoms with E-state index in [4.69, 9.17) is 20.8 Å². The number of esters is 1. The molecule has 0 aliphatic heterocycles. The number of hydrogen-bond donors (Lipinski definition) is 2. The Hall–Kier alpha value is -2.99. The zero-order chi connectivity index (χ0) is 18.7. The number of carbonyl (C=O) groups is 2. The second-order valence-electron chi connectivity index (χ2n) is 5.81. The van der Waals surface area contributed by atoms with Crippen LogP contribution in [0.2, 0.25) is 5.02 Å². The Kier molecular flexibility index (Phi) is 5.14. The van der Waals surface area contributed by atoms with Crippen LogP contribution in [0.5, 0.6) is 5.75 Å². The molecule has 2 N–H and O–H groups in total. The van der Waals surface area contributed by atoms with Gasteiger partial charge in [-0.1, -0.05) is 17.7 Å². The van der Waals surface area contributed by atoms with Crippen LogP contribution in [0.25, 0.3) is 11.0 Å². The number of carbonyl (C=O) groups excluding carboxylic acids is 2. The third-order valence-corrected chi connectivity index (χ3v) is 4.05. The van der Waals surface area contributed by atoms with Crippen molar-refractivity contribution >= 4 is 40.1 Å². The Morgan fingerprint density at radius 3 is 2.81 bits per heavy atom. The molecule has 1 amide bonds. The molecule has 0 spiro atoms. The number of aromatic hydroxyl groups is 1. The molecule has 0 unspecified atom stereocenters. The fraction of sp³-hybridized carbons (Fsp3) is 0.158. The van der Waals surface area contributed by atoms with Crippen LogP contribution >= 0.6 is 11.6 Å². The van der Waals surface area contributed by atoms with Gasteiger partial charge in [0.1, 0.15) is 11.3 Å². The minimum Gasteiger partial charge on any atom is -0.508 e. The minimum atomic E-state index is -0.564.